The minimum absolute atomic E-state index is 0.0606. The second-order valence-corrected chi connectivity index (χ2v) is 6.55. The molecule has 0 aliphatic rings. The van der Waals surface area contributed by atoms with Crippen molar-refractivity contribution in [3.63, 3.8) is 0 Å². The summed E-state index contributed by atoms with van der Waals surface area (Å²) in [6.45, 7) is 2.56. The highest BCUT2D eigenvalue weighted by molar-refractivity contribution is 6.31. The molecule has 9 heteroatoms. The van der Waals surface area contributed by atoms with E-state index < -0.39 is 30.3 Å². The summed E-state index contributed by atoms with van der Waals surface area (Å²) < 4.78 is 23.6. The average molecular weight is 411 g/mol. The molecule has 0 aliphatic heterocycles. The van der Waals surface area contributed by atoms with Gasteiger partial charge in [-0.25, -0.2) is 14.0 Å². The number of carbonyl (C=O) groups is 3. The highest BCUT2D eigenvalue weighted by Gasteiger charge is 2.24. The Labute approximate surface area is 166 Å². The molecule has 1 amide bonds. The van der Waals surface area contributed by atoms with Crippen molar-refractivity contribution in [2.75, 3.05) is 20.8 Å². The number of likely N-dealkylation sites (N-methyl/N-ethyl adjacent to an activating group) is 1. The van der Waals surface area contributed by atoms with E-state index in [1.165, 1.54) is 37.3 Å². The van der Waals surface area contributed by atoms with Gasteiger partial charge in [0.05, 0.1) is 12.7 Å². The monoisotopic (exact) mass is 410 g/mol. The number of aromatic amines is 1. The van der Waals surface area contributed by atoms with Crippen LogP contribution < -0.4 is 0 Å². The average Bonchev–Trinajstić information content (AvgIpc) is 2.96. The number of carbonyl (C=O) groups excluding carboxylic acids is 3. The van der Waals surface area contributed by atoms with E-state index in [4.69, 9.17) is 16.3 Å². The first kappa shape index (κ1) is 21.4. The lowest BCUT2D eigenvalue weighted by Gasteiger charge is -2.18. The van der Waals surface area contributed by atoms with E-state index in [9.17, 15) is 18.8 Å². The van der Waals surface area contributed by atoms with E-state index in [2.05, 4.69) is 9.72 Å². The highest BCUT2D eigenvalue weighted by Crippen LogP contribution is 2.21. The number of ether oxygens (including phenoxy) is 2. The van der Waals surface area contributed by atoms with E-state index in [0.717, 1.165) is 0 Å². The zero-order chi connectivity index (χ0) is 21.0. The summed E-state index contributed by atoms with van der Waals surface area (Å²) in [7, 11) is 2.68. The van der Waals surface area contributed by atoms with Gasteiger partial charge in [-0.05, 0) is 31.5 Å². The molecule has 0 aliphatic carbocycles. The van der Waals surface area contributed by atoms with Gasteiger partial charge in [0, 0.05) is 29.9 Å². The molecule has 0 unspecified atom stereocenters. The zero-order valence-corrected chi connectivity index (χ0v) is 16.6. The Morgan fingerprint density at radius 3 is 2.50 bits per heavy atom. The van der Waals surface area contributed by atoms with E-state index in [1.54, 1.807) is 13.8 Å². The SMILES string of the molecule is COC(=O)c1c(C)[nH]c(C(=O)OCC(=O)N(C)Cc2c(F)cccc2Cl)c1C. The van der Waals surface area contributed by atoms with Gasteiger partial charge in [-0.15, -0.1) is 0 Å². The first-order chi connectivity index (χ1) is 13.2. The molecule has 150 valence electrons. The molecule has 0 atom stereocenters. The van der Waals surface area contributed by atoms with E-state index in [0.29, 0.717) is 11.3 Å². The minimum atomic E-state index is -0.790. The van der Waals surface area contributed by atoms with Crippen LogP contribution in [0.5, 0.6) is 0 Å². The van der Waals surface area contributed by atoms with Crippen LogP contribution in [0.15, 0.2) is 18.2 Å². The molecular formula is C19H20ClFN2O5. The van der Waals surface area contributed by atoms with Crippen molar-refractivity contribution in [3.8, 4) is 0 Å². The van der Waals surface area contributed by atoms with Crippen LogP contribution in [0.4, 0.5) is 4.39 Å². The van der Waals surface area contributed by atoms with Crippen molar-refractivity contribution in [3.05, 3.63) is 57.1 Å². The van der Waals surface area contributed by atoms with Crippen molar-refractivity contribution in [1.82, 2.24) is 9.88 Å². The molecule has 1 heterocycles. The Morgan fingerprint density at radius 1 is 1.21 bits per heavy atom. The van der Waals surface area contributed by atoms with Gasteiger partial charge in [0.15, 0.2) is 6.61 Å². The maximum Gasteiger partial charge on any atom is 0.355 e. The lowest BCUT2D eigenvalue weighted by molar-refractivity contribution is -0.133. The maximum absolute atomic E-state index is 13.8. The Kier molecular flexibility index (Phi) is 6.80. The zero-order valence-electron chi connectivity index (χ0n) is 15.9. The number of halogens is 2. The standard InChI is InChI=1S/C19H20ClFN2O5/c1-10-16(18(25)27-4)11(2)22-17(10)19(26)28-9-15(24)23(3)8-12-13(20)6-5-7-14(12)21/h5-7,22H,8-9H2,1-4H3. The van der Waals surface area contributed by atoms with Crippen LogP contribution in [0.1, 0.15) is 37.7 Å². The predicted molar refractivity (Wildman–Crippen MR) is 99.8 cm³/mol. The summed E-state index contributed by atoms with van der Waals surface area (Å²) in [4.78, 5) is 40.2. The Bertz CT molecular complexity index is 905. The van der Waals surface area contributed by atoms with E-state index in [-0.39, 0.29) is 28.4 Å². The number of nitrogens with zero attached hydrogens (tertiary/aromatic N) is 1. The summed E-state index contributed by atoms with van der Waals surface area (Å²) in [5.74, 6) is -2.44. The van der Waals surface area contributed by atoms with Crippen molar-refractivity contribution >= 4 is 29.4 Å². The van der Waals surface area contributed by atoms with Crippen LogP contribution in [0.25, 0.3) is 0 Å². The molecule has 0 radical (unpaired) electrons. The third-order valence-corrected chi connectivity index (χ3v) is 4.59. The number of nitrogens with one attached hydrogen (secondary N) is 1. The van der Waals surface area contributed by atoms with Gasteiger partial charge in [-0.1, -0.05) is 17.7 Å². The number of H-pyrrole nitrogens is 1. The number of hydrogen-bond donors (Lipinski definition) is 1. The molecule has 1 aromatic carbocycles. The topological polar surface area (TPSA) is 88.7 Å². The van der Waals surface area contributed by atoms with Gasteiger partial charge >= 0.3 is 11.9 Å². The number of methoxy groups -OCH3 is 1. The number of hydrogen-bond acceptors (Lipinski definition) is 5. The molecule has 2 aromatic rings. The summed E-state index contributed by atoms with van der Waals surface area (Å²) in [6, 6.07) is 4.23. The fourth-order valence-electron chi connectivity index (χ4n) is 2.68. The number of aryl methyl sites for hydroxylation is 1. The first-order valence-corrected chi connectivity index (χ1v) is 8.66. The molecule has 0 saturated heterocycles. The first-order valence-electron chi connectivity index (χ1n) is 8.28. The predicted octanol–water partition coefficient (Wildman–Crippen LogP) is 3.03. The summed E-state index contributed by atoms with van der Waals surface area (Å²) in [5.41, 5.74) is 1.30. The summed E-state index contributed by atoms with van der Waals surface area (Å²) in [5, 5.41) is 0.199. The van der Waals surface area contributed by atoms with E-state index >= 15 is 0 Å². The number of aromatic nitrogens is 1. The van der Waals surface area contributed by atoms with Crippen molar-refractivity contribution in [1.29, 1.82) is 0 Å². The summed E-state index contributed by atoms with van der Waals surface area (Å²) >= 11 is 5.95. The smallest absolute Gasteiger partial charge is 0.355 e. The molecule has 0 saturated carbocycles. The van der Waals surface area contributed by atoms with Crippen molar-refractivity contribution in [2.45, 2.75) is 20.4 Å². The number of rotatable bonds is 6. The maximum atomic E-state index is 13.8. The number of esters is 2. The molecule has 28 heavy (non-hydrogen) atoms. The van der Waals surface area contributed by atoms with Crippen LogP contribution in [0.2, 0.25) is 5.02 Å². The lowest BCUT2D eigenvalue weighted by Crippen LogP contribution is -2.31. The molecule has 0 fully saturated rings. The molecular weight excluding hydrogens is 391 g/mol. The van der Waals surface area contributed by atoms with Crippen LogP contribution in [-0.4, -0.2) is 48.5 Å². The van der Waals surface area contributed by atoms with Crippen LogP contribution in [0, 0.1) is 19.7 Å². The fraction of sp³-hybridized carbons (Fsp3) is 0.316. The third-order valence-electron chi connectivity index (χ3n) is 4.24. The molecule has 0 bridgehead atoms. The van der Waals surface area contributed by atoms with Crippen LogP contribution >= 0.6 is 11.6 Å². The van der Waals surface area contributed by atoms with Gasteiger partial charge in [-0.2, -0.15) is 0 Å². The van der Waals surface area contributed by atoms with Gasteiger partial charge in [-0.3, -0.25) is 4.79 Å². The summed E-state index contributed by atoms with van der Waals surface area (Å²) in [6.07, 6.45) is 0. The van der Waals surface area contributed by atoms with Crippen molar-refractivity contribution < 1.29 is 28.2 Å². The lowest BCUT2D eigenvalue weighted by atomic mass is 10.1. The molecule has 0 spiro atoms. The van der Waals surface area contributed by atoms with Gasteiger partial charge in [0.2, 0.25) is 0 Å². The Morgan fingerprint density at radius 2 is 1.89 bits per heavy atom. The highest BCUT2D eigenvalue weighted by atomic mass is 35.5. The molecule has 7 nitrogen and oxygen atoms in total. The van der Waals surface area contributed by atoms with Gasteiger partial charge in [0.1, 0.15) is 11.5 Å². The third kappa shape index (κ3) is 4.51. The minimum Gasteiger partial charge on any atom is -0.465 e. The second-order valence-electron chi connectivity index (χ2n) is 6.14. The Hall–Kier alpha value is -2.87. The van der Waals surface area contributed by atoms with E-state index in [1.807, 2.05) is 0 Å². The molecule has 2 rings (SSSR count). The van der Waals surface area contributed by atoms with Crippen LogP contribution in [-0.2, 0) is 20.8 Å². The normalized spacial score (nSPS) is 10.5. The Balaban J connectivity index is 2.03. The van der Waals surface area contributed by atoms with Crippen molar-refractivity contribution in [2.24, 2.45) is 0 Å². The van der Waals surface area contributed by atoms with Gasteiger partial charge < -0.3 is 19.4 Å². The largest absolute Gasteiger partial charge is 0.465 e. The van der Waals surface area contributed by atoms with Gasteiger partial charge in [0.25, 0.3) is 5.91 Å². The molecule has 1 aromatic heterocycles. The quantitative estimate of drug-likeness (QED) is 0.739. The number of benzene rings is 1. The number of amides is 1. The molecule has 1 N–H and O–H groups in total. The second kappa shape index (κ2) is 8.88. The van der Waals surface area contributed by atoms with Crippen LogP contribution in [0.3, 0.4) is 0 Å². The fourth-order valence-corrected chi connectivity index (χ4v) is 2.90.